The van der Waals surface area contributed by atoms with Crippen molar-refractivity contribution in [2.24, 2.45) is 0 Å². The van der Waals surface area contributed by atoms with Crippen LogP contribution in [0.25, 0.3) is 10.9 Å². The summed E-state index contributed by atoms with van der Waals surface area (Å²) in [6.45, 7) is 1.15. The van der Waals surface area contributed by atoms with Crippen LogP contribution in [0.4, 0.5) is 0 Å². The van der Waals surface area contributed by atoms with Crippen LogP contribution in [0.3, 0.4) is 0 Å². The number of aromatic nitrogens is 1. The minimum atomic E-state index is -0.163. The molecule has 4 aromatic rings. The van der Waals surface area contributed by atoms with Gasteiger partial charge < -0.3 is 9.30 Å². The third-order valence-corrected chi connectivity index (χ3v) is 4.91. The molecule has 0 saturated heterocycles. The highest BCUT2D eigenvalue weighted by Crippen LogP contribution is 2.23. The van der Waals surface area contributed by atoms with E-state index in [1.165, 1.54) is 22.0 Å². The molecule has 0 spiro atoms. The topological polar surface area (TPSA) is 31.2 Å². The minimum Gasteiger partial charge on any atom is -0.461 e. The summed E-state index contributed by atoms with van der Waals surface area (Å²) in [7, 11) is 0. The molecule has 0 unspecified atom stereocenters. The first-order valence-corrected chi connectivity index (χ1v) is 9.60. The number of carbonyl (C=O) groups excluding carboxylic acids is 1. The normalized spacial score (nSPS) is 10.9. The van der Waals surface area contributed by atoms with Crippen molar-refractivity contribution in [2.45, 2.75) is 26.0 Å². The summed E-state index contributed by atoms with van der Waals surface area (Å²) in [4.78, 5) is 12.2. The molecule has 0 N–H and O–H groups in total. The van der Waals surface area contributed by atoms with Crippen LogP contribution in [0, 0.1) is 0 Å². The van der Waals surface area contributed by atoms with E-state index < -0.39 is 0 Å². The number of hydrogen-bond acceptors (Lipinski definition) is 2. The maximum Gasteiger partial charge on any atom is 0.306 e. The van der Waals surface area contributed by atoms with Crippen LogP contribution in [0.1, 0.15) is 23.1 Å². The number of fused-ring (bicyclic) bond motifs is 1. The molecule has 0 amide bonds. The molecule has 0 bridgehead atoms. The smallest absolute Gasteiger partial charge is 0.306 e. The van der Waals surface area contributed by atoms with Gasteiger partial charge in [-0.25, -0.2) is 0 Å². The largest absolute Gasteiger partial charge is 0.461 e. The van der Waals surface area contributed by atoms with Gasteiger partial charge in [0.25, 0.3) is 0 Å². The van der Waals surface area contributed by atoms with Gasteiger partial charge in [0.15, 0.2) is 0 Å². The quantitative estimate of drug-likeness (QED) is 0.410. The summed E-state index contributed by atoms with van der Waals surface area (Å²) in [5.41, 5.74) is 4.65. The van der Waals surface area contributed by atoms with Crippen molar-refractivity contribution in [3.05, 3.63) is 108 Å². The first-order valence-electron chi connectivity index (χ1n) is 9.60. The van der Waals surface area contributed by atoms with E-state index in [9.17, 15) is 4.79 Å². The van der Waals surface area contributed by atoms with Crippen LogP contribution >= 0.6 is 0 Å². The molecule has 1 heterocycles. The number of ether oxygens (including phenoxy) is 1. The van der Waals surface area contributed by atoms with Crippen molar-refractivity contribution in [3.8, 4) is 0 Å². The van der Waals surface area contributed by atoms with Gasteiger partial charge >= 0.3 is 5.97 Å². The van der Waals surface area contributed by atoms with Crippen LogP contribution in [-0.4, -0.2) is 10.5 Å². The number of para-hydroxylation sites is 1. The van der Waals surface area contributed by atoms with Crippen LogP contribution in [0.2, 0.25) is 0 Å². The van der Waals surface area contributed by atoms with E-state index in [-0.39, 0.29) is 5.97 Å². The second-order valence-electron chi connectivity index (χ2n) is 6.93. The molecule has 1 aromatic heterocycles. The van der Waals surface area contributed by atoms with Gasteiger partial charge in [-0.1, -0.05) is 78.9 Å². The molecule has 0 radical (unpaired) electrons. The number of esters is 1. The molecular formula is C25H23NO2. The standard InChI is InChI=1S/C25H23NO2/c27-25(28-19-21-11-5-2-6-12-21)16-15-22-18-26(17-20-9-3-1-4-10-20)24-14-8-7-13-23(22)24/h1-14,18H,15-17,19H2. The van der Waals surface area contributed by atoms with Gasteiger partial charge in [-0.3, -0.25) is 4.79 Å². The van der Waals surface area contributed by atoms with Crippen molar-refractivity contribution in [3.63, 3.8) is 0 Å². The summed E-state index contributed by atoms with van der Waals surface area (Å²) in [5, 5.41) is 1.20. The summed E-state index contributed by atoms with van der Waals surface area (Å²) in [5.74, 6) is -0.163. The summed E-state index contributed by atoms with van der Waals surface area (Å²) in [6, 6.07) is 28.6. The summed E-state index contributed by atoms with van der Waals surface area (Å²) in [6.07, 6.45) is 3.23. The fourth-order valence-corrected chi connectivity index (χ4v) is 3.48. The number of aryl methyl sites for hydroxylation is 1. The van der Waals surface area contributed by atoms with E-state index in [4.69, 9.17) is 4.74 Å². The van der Waals surface area contributed by atoms with Crippen LogP contribution in [0.15, 0.2) is 91.1 Å². The average Bonchev–Trinajstić information content (AvgIpc) is 3.10. The molecule has 3 aromatic carbocycles. The molecule has 0 saturated carbocycles. The second kappa shape index (κ2) is 8.57. The first kappa shape index (κ1) is 18.1. The van der Waals surface area contributed by atoms with Gasteiger partial charge in [0.1, 0.15) is 6.61 Å². The molecule has 0 aliphatic carbocycles. The Hall–Kier alpha value is -3.33. The molecule has 0 fully saturated rings. The van der Waals surface area contributed by atoms with Crippen molar-refractivity contribution in [1.82, 2.24) is 4.57 Å². The van der Waals surface area contributed by atoms with Crippen LogP contribution < -0.4 is 0 Å². The number of nitrogens with zero attached hydrogens (tertiary/aromatic N) is 1. The molecule has 0 atom stereocenters. The molecule has 0 aliphatic heterocycles. The lowest BCUT2D eigenvalue weighted by molar-refractivity contribution is -0.144. The molecule has 140 valence electrons. The SMILES string of the molecule is O=C(CCc1cn(Cc2ccccc2)c2ccccc12)OCc1ccccc1. The number of carbonyl (C=O) groups is 1. The highest BCUT2D eigenvalue weighted by atomic mass is 16.5. The Balaban J connectivity index is 1.44. The fourth-order valence-electron chi connectivity index (χ4n) is 3.48. The molecule has 3 heteroatoms. The number of benzene rings is 3. The average molecular weight is 369 g/mol. The van der Waals surface area contributed by atoms with E-state index in [2.05, 4.69) is 53.2 Å². The van der Waals surface area contributed by atoms with Gasteiger partial charge in [-0.2, -0.15) is 0 Å². The lowest BCUT2D eigenvalue weighted by Gasteiger charge is -2.05. The van der Waals surface area contributed by atoms with Crippen molar-refractivity contribution < 1.29 is 9.53 Å². The Kier molecular flexibility index (Phi) is 5.53. The third kappa shape index (κ3) is 4.32. The van der Waals surface area contributed by atoms with Crippen molar-refractivity contribution in [2.75, 3.05) is 0 Å². The maximum absolute atomic E-state index is 12.2. The van der Waals surface area contributed by atoms with Gasteiger partial charge in [0, 0.05) is 30.1 Å². The Morgan fingerprint density at radius 2 is 1.43 bits per heavy atom. The van der Waals surface area contributed by atoms with Gasteiger partial charge in [0.05, 0.1) is 0 Å². The maximum atomic E-state index is 12.2. The van der Waals surface area contributed by atoms with Gasteiger partial charge in [0.2, 0.25) is 0 Å². The van der Waals surface area contributed by atoms with Gasteiger partial charge in [-0.15, -0.1) is 0 Å². The van der Waals surface area contributed by atoms with Gasteiger partial charge in [-0.05, 0) is 29.2 Å². The zero-order valence-corrected chi connectivity index (χ0v) is 15.8. The summed E-state index contributed by atoms with van der Waals surface area (Å²) >= 11 is 0. The lowest BCUT2D eigenvalue weighted by atomic mass is 10.1. The number of rotatable bonds is 7. The Labute approximate surface area is 165 Å². The second-order valence-corrected chi connectivity index (χ2v) is 6.93. The molecule has 3 nitrogen and oxygen atoms in total. The molecule has 4 rings (SSSR count). The van der Waals surface area contributed by atoms with Crippen molar-refractivity contribution in [1.29, 1.82) is 0 Å². The van der Waals surface area contributed by atoms with Crippen LogP contribution in [0.5, 0.6) is 0 Å². The first-order chi connectivity index (χ1) is 13.8. The van der Waals surface area contributed by atoms with Crippen LogP contribution in [-0.2, 0) is 29.1 Å². The molecule has 28 heavy (non-hydrogen) atoms. The Morgan fingerprint density at radius 3 is 2.18 bits per heavy atom. The highest BCUT2D eigenvalue weighted by Gasteiger charge is 2.11. The Morgan fingerprint density at radius 1 is 0.786 bits per heavy atom. The van der Waals surface area contributed by atoms with E-state index in [1.54, 1.807) is 0 Å². The van der Waals surface area contributed by atoms with E-state index >= 15 is 0 Å². The minimum absolute atomic E-state index is 0.163. The fraction of sp³-hybridized carbons (Fsp3) is 0.160. The van der Waals surface area contributed by atoms with Crippen molar-refractivity contribution >= 4 is 16.9 Å². The van der Waals surface area contributed by atoms with E-state index in [0.717, 1.165) is 12.1 Å². The highest BCUT2D eigenvalue weighted by molar-refractivity contribution is 5.84. The summed E-state index contributed by atoms with van der Waals surface area (Å²) < 4.78 is 7.68. The molecular weight excluding hydrogens is 346 g/mol. The third-order valence-electron chi connectivity index (χ3n) is 4.91. The zero-order valence-electron chi connectivity index (χ0n) is 15.8. The predicted octanol–water partition coefficient (Wildman–Crippen LogP) is 5.37. The van der Waals surface area contributed by atoms with E-state index in [1.807, 2.05) is 42.5 Å². The Bertz CT molecular complexity index is 1050. The molecule has 0 aliphatic rings. The monoisotopic (exact) mass is 369 g/mol. The lowest BCUT2D eigenvalue weighted by Crippen LogP contribution is -2.05. The number of hydrogen-bond donors (Lipinski definition) is 0. The van der Waals surface area contributed by atoms with E-state index in [0.29, 0.717) is 19.4 Å². The zero-order chi connectivity index (χ0) is 19.2. The predicted molar refractivity (Wildman–Crippen MR) is 112 cm³/mol.